The fourth-order valence-electron chi connectivity index (χ4n) is 4.67. The second-order valence-corrected chi connectivity index (χ2v) is 11.3. The number of benzene rings is 3. The van der Waals surface area contributed by atoms with Gasteiger partial charge in [-0.3, -0.25) is 5.41 Å². The Morgan fingerprint density at radius 2 is 1.20 bits per heavy atom. The minimum Gasteiger partial charge on any atom is -0.507 e. The Labute approximate surface area is 215 Å². The normalized spacial score (nSPS) is 12.1. The maximum absolute atomic E-state index is 11.1. The van der Waals surface area contributed by atoms with Gasteiger partial charge in [0.05, 0.1) is 17.6 Å². The molecule has 0 saturated carbocycles. The van der Waals surface area contributed by atoms with Gasteiger partial charge in [-0.15, -0.1) is 12.4 Å². The Bertz CT molecular complexity index is 1330. The number of hydrogen-bond acceptors (Lipinski definition) is 2. The van der Waals surface area contributed by atoms with Crippen molar-refractivity contribution < 1.29 is 5.11 Å². The lowest BCUT2D eigenvalue weighted by molar-refractivity contribution is 0.422. The van der Waals surface area contributed by atoms with Gasteiger partial charge in [0.25, 0.3) is 0 Å². The molecule has 0 amide bonds. The molecule has 0 radical (unpaired) electrons. The number of fused-ring (bicyclic) bond motifs is 1. The number of phenols is 1. The Morgan fingerprint density at radius 3 is 1.71 bits per heavy atom. The number of halogens is 1. The molecule has 0 bridgehead atoms. The summed E-state index contributed by atoms with van der Waals surface area (Å²) in [5.41, 5.74) is 6.71. The van der Waals surface area contributed by atoms with E-state index in [4.69, 9.17) is 5.41 Å². The molecule has 0 fully saturated rings. The number of aromatic hydroxyl groups is 1. The number of nitrogens with one attached hydrogen (secondary N) is 1. The summed E-state index contributed by atoms with van der Waals surface area (Å²) in [4.78, 5) is 0. The highest BCUT2D eigenvalue weighted by Crippen LogP contribution is 2.40. The van der Waals surface area contributed by atoms with E-state index in [9.17, 15) is 5.11 Å². The second-order valence-electron chi connectivity index (χ2n) is 11.3. The summed E-state index contributed by atoms with van der Waals surface area (Å²) < 4.78 is 4.20. The quantitative estimate of drug-likeness (QED) is 0.312. The SMILES string of the molecule is CC(C)(C)c1cc(CCn2c(=N)n(Cc3ccccc3)c3ccccc32)cc(C(C)(C)C)c1O.Cl. The minimum atomic E-state index is -0.153. The van der Waals surface area contributed by atoms with Crippen LogP contribution in [0.2, 0.25) is 0 Å². The number of hydrogen-bond donors (Lipinski definition) is 2. The van der Waals surface area contributed by atoms with Crippen molar-refractivity contribution in [2.45, 2.75) is 71.9 Å². The Kier molecular flexibility index (Phi) is 7.56. The van der Waals surface area contributed by atoms with E-state index in [0.29, 0.717) is 24.5 Å². The summed E-state index contributed by atoms with van der Waals surface area (Å²) in [7, 11) is 0. The third-order valence-electron chi connectivity index (χ3n) is 6.57. The van der Waals surface area contributed by atoms with Crippen molar-refractivity contribution in [1.82, 2.24) is 9.13 Å². The summed E-state index contributed by atoms with van der Waals surface area (Å²) in [6.45, 7) is 14.3. The first-order chi connectivity index (χ1) is 16.0. The lowest BCUT2D eigenvalue weighted by Gasteiger charge is -2.28. The fourth-order valence-corrected chi connectivity index (χ4v) is 4.67. The molecule has 0 aliphatic carbocycles. The van der Waals surface area contributed by atoms with Crippen LogP contribution < -0.4 is 5.62 Å². The monoisotopic (exact) mass is 491 g/mol. The van der Waals surface area contributed by atoms with Gasteiger partial charge in [0, 0.05) is 6.54 Å². The maximum Gasteiger partial charge on any atom is 0.203 e. The van der Waals surface area contributed by atoms with Crippen LogP contribution >= 0.6 is 12.4 Å². The molecule has 0 aliphatic heterocycles. The zero-order valence-corrected chi connectivity index (χ0v) is 22.5. The number of aryl methyl sites for hydroxylation is 2. The summed E-state index contributed by atoms with van der Waals surface area (Å²) in [5, 5.41) is 20.1. The maximum atomic E-state index is 11.1. The van der Waals surface area contributed by atoms with Gasteiger partial charge < -0.3 is 14.2 Å². The standard InChI is InChI=1S/C30H37N3O.ClH/c1-29(2,3)23-18-22(19-24(27(23)34)30(4,5)6)16-17-32-25-14-10-11-15-26(25)33(28(32)31)20-21-12-8-7-9-13-21;/h7-15,18-19,31,34H,16-17,20H2,1-6H3;1H. The average molecular weight is 492 g/mol. The molecule has 2 N–H and O–H groups in total. The number of imidazole rings is 1. The summed E-state index contributed by atoms with van der Waals surface area (Å²) in [6.07, 6.45) is 0.794. The molecule has 5 heteroatoms. The van der Waals surface area contributed by atoms with E-state index in [1.165, 1.54) is 11.1 Å². The molecule has 35 heavy (non-hydrogen) atoms. The van der Waals surface area contributed by atoms with Crippen LogP contribution in [0.4, 0.5) is 0 Å². The van der Waals surface area contributed by atoms with Gasteiger partial charge in [-0.2, -0.15) is 0 Å². The van der Waals surface area contributed by atoms with Crippen molar-refractivity contribution in [3.05, 3.63) is 94.6 Å². The molecule has 0 atom stereocenters. The molecule has 0 unspecified atom stereocenters. The summed E-state index contributed by atoms with van der Waals surface area (Å²) in [5.74, 6) is 0.414. The second kappa shape index (κ2) is 9.94. The van der Waals surface area contributed by atoms with Crippen LogP contribution in [0.15, 0.2) is 66.7 Å². The van der Waals surface area contributed by atoms with Crippen LogP contribution in [0.5, 0.6) is 5.75 Å². The lowest BCUT2D eigenvalue weighted by atomic mass is 9.78. The highest BCUT2D eigenvalue weighted by atomic mass is 35.5. The molecular formula is C30H38ClN3O. The van der Waals surface area contributed by atoms with Gasteiger partial charge in [0.15, 0.2) is 0 Å². The Balaban J connectivity index is 0.00000342. The number of phenolic OH excluding ortho intramolecular Hbond substituents is 1. The predicted octanol–water partition coefficient (Wildman–Crippen LogP) is 6.94. The lowest BCUT2D eigenvalue weighted by Crippen LogP contribution is -2.26. The van der Waals surface area contributed by atoms with Crippen molar-refractivity contribution >= 4 is 23.4 Å². The average Bonchev–Trinajstić information content (AvgIpc) is 3.03. The molecule has 0 spiro atoms. The molecule has 186 valence electrons. The van der Waals surface area contributed by atoms with Gasteiger partial charge >= 0.3 is 0 Å². The van der Waals surface area contributed by atoms with E-state index in [0.717, 1.165) is 28.6 Å². The molecule has 1 heterocycles. The topological polar surface area (TPSA) is 53.9 Å². The molecule has 0 aliphatic rings. The summed E-state index contributed by atoms with van der Waals surface area (Å²) >= 11 is 0. The van der Waals surface area contributed by atoms with Crippen molar-refractivity contribution in [1.29, 1.82) is 5.41 Å². The van der Waals surface area contributed by atoms with Crippen LogP contribution in [-0.4, -0.2) is 14.2 Å². The van der Waals surface area contributed by atoms with E-state index in [-0.39, 0.29) is 23.2 Å². The molecule has 0 saturated heterocycles. The number of aromatic nitrogens is 2. The fraction of sp³-hybridized carbons (Fsp3) is 0.367. The zero-order chi connectivity index (χ0) is 24.7. The first-order valence-corrected chi connectivity index (χ1v) is 12.1. The minimum absolute atomic E-state index is 0. The first-order valence-electron chi connectivity index (χ1n) is 12.1. The Hall–Kier alpha value is -2.98. The summed E-state index contributed by atoms with van der Waals surface area (Å²) in [6, 6.07) is 22.9. The predicted molar refractivity (Wildman–Crippen MR) is 148 cm³/mol. The largest absolute Gasteiger partial charge is 0.507 e. The van der Waals surface area contributed by atoms with E-state index in [2.05, 4.69) is 87.1 Å². The van der Waals surface area contributed by atoms with Crippen LogP contribution in [0.3, 0.4) is 0 Å². The van der Waals surface area contributed by atoms with E-state index in [1.807, 2.05) is 30.3 Å². The van der Waals surface area contributed by atoms with Gasteiger partial charge in [-0.1, -0.05) is 96.1 Å². The van der Waals surface area contributed by atoms with Gasteiger partial charge in [0.1, 0.15) is 5.75 Å². The van der Waals surface area contributed by atoms with Crippen molar-refractivity contribution in [2.24, 2.45) is 0 Å². The smallest absolute Gasteiger partial charge is 0.203 e. The van der Waals surface area contributed by atoms with Crippen molar-refractivity contribution in [2.75, 3.05) is 0 Å². The van der Waals surface area contributed by atoms with E-state index in [1.54, 1.807) is 0 Å². The van der Waals surface area contributed by atoms with Gasteiger partial charge in [0.2, 0.25) is 5.62 Å². The molecule has 4 aromatic rings. The highest BCUT2D eigenvalue weighted by molar-refractivity contribution is 5.85. The first kappa shape index (κ1) is 26.6. The van der Waals surface area contributed by atoms with Crippen LogP contribution in [0.25, 0.3) is 11.0 Å². The highest BCUT2D eigenvalue weighted by Gasteiger charge is 2.26. The zero-order valence-electron chi connectivity index (χ0n) is 21.7. The van der Waals surface area contributed by atoms with E-state index < -0.39 is 0 Å². The molecule has 3 aromatic carbocycles. The third kappa shape index (κ3) is 5.48. The molecule has 1 aromatic heterocycles. The third-order valence-corrected chi connectivity index (χ3v) is 6.57. The van der Waals surface area contributed by atoms with E-state index >= 15 is 0 Å². The van der Waals surface area contributed by atoms with Crippen molar-refractivity contribution in [3.8, 4) is 5.75 Å². The van der Waals surface area contributed by atoms with Crippen LogP contribution in [0, 0.1) is 5.41 Å². The molecule has 4 nitrogen and oxygen atoms in total. The van der Waals surface area contributed by atoms with Crippen LogP contribution in [-0.2, 0) is 30.3 Å². The van der Waals surface area contributed by atoms with Crippen LogP contribution in [0.1, 0.15) is 63.8 Å². The Morgan fingerprint density at radius 1 is 0.714 bits per heavy atom. The number of nitrogens with zero attached hydrogens (tertiary/aromatic N) is 2. The molecular weight excluding hydrogens is 454 g/mol. The molecule has 4 rings (SSSR count). The number of rotatable bonds is 5. The number of para-hydroxylation sites is 2. The van der Waals surface area contributed by atoms with Gasteiger partial charge in [-0.05, 0) is 51.6 Å². The van der Waals surface area contributed by atoms with Crippen molar-refractivity contribution in [3.63, 3.8) is 0 Å². The van der Waals surface area contributed by atoms with Gasteiger partial charge in [-0.25, -0.2) is 0 Å².